The third-order valence-electron chi connectivity index (χ3n) is 8.68. The lowest BCUT2D eigenvalue weighted by Gasteiger charge is -2.51. The van der Waals surface area contributed by atoms with E-state index in [0.29, 0.717) is 29.9 Å². The summed E-state index contributed by atoms with van der Waals surface area (Å²) < 4.78 is 57.9. The van der Waals surface area contributed by atoms with E-state index in [0.717, 1.165) is 24.7 Å². The molecule has 0 unspecified atom stereocenters. The summed E-state index contributed by atoms with van der Waals surface area (Å²) in [6.07, 6.45) is -3.35. The smallest absolute Gasteiger partial charge is 0.468 e. The van der Waals surface area contributed by atoms with E-state index in [1.807, 2.05) is 25.1 Å². The number of benzene rings is 2. The van der Waals surface area contributed by atoms with Gasteiger partial charge in [-0.3, -0.25) is 9.69 Å². The van der Waals surface area contributed by atoms with Gasteiger partial charge in [0, 0.05) is 24.4 Å². The summed E-state index contributed by atoms with van der Waals surface area (Å²) in [4.78, 5) is 27.0. The first-order valence-corrected chi connectivity index (χ1v) is 13.9. The number of hydrogen-bond acceptors (Lipinski definition) is 6. The molecule has 11 heteroatoms. The van der Waals surface area contributed by atoms with Crippen LogP contribution in [-0.4, -0.2) is 56.3 Å². The summed E-state index contributed by atoms with van der Waals surface area (Å²) in [5.74, 6) is -2.42. The standard InChI is InChI=1S/C30H35ClF3NO6/c1-19(17-36)13-21-14-20-7-8-24(41-18-39-2)16-25(20)28(21)9-11-29(12-10-28,27(38)40-3)35(26(37)30(32,33)34)23-6-4-5-22(31)15-23/h4-8,15-16,19,21,36H,9-14,17-18H2,1-3H3/t19-,21-,28?,29?/m1/s1. The predicted octanol–water partition coefficient (Wildman–Crippen LogP) is 5.83. The Bertz CT molecular complexity index is 1260. The fourth-order valence-electron chi connectivity index (χ4n) is 6.76. The number of carbonyl (C=O) groups excluding carboxylic acids is 2. The fraction of sp³-hybridized carbons (Fsp3) is 0.533. The normalized spacial score (nSPS) is 24.5. The molecule has 224 valence electrons. The van der Waals surface area contributed by atoms with Gasteiger partial charge >= 0.3 is 18.1 Å². The number of amides is 1. The fourth-order valence-corrected chi connectivity index (χ4v) is 6.95. The molecule has 2 aromatic rings. The number of methoxy groups -OCH3 is 2. The summed E-state index contributed by atoms with van der Waals surface area (Å²) in [5.41, 5.74) is -0.445. The van der Waals surface area contributed by atoms with Crippen LogP contribution in [0.5, 0.6) is 5.75 Å². The minimum atomic E-state index is -5.24. The molecule has 0 bridgehead atoms. The van der Waals surface area contributed by atoms with Gasteiger partial charge in [-0.05, 0) is 97.2 Å². The molecule has 0 heterocycles. The van der Waals surface area contributed by atoms with E-state index < -0.39 is 29.0 Å². The summed E-state index contributed by atoms with van der Waals surface area (Å²) in [6.45, 7) is 2.00. The molecule has 7 nitrogen and oxygen atoms in total. The van der Waals surface area contributed by atoms with Gasteiger partial charge in [-0.15, -0.1) is 0 Å². The molecule has 1 amide bonds. The molecule has 2 aromatic carbocycles. The molecule has 1 N–H and O–H groups in total. The Labute approximate surface area is 242 Å². The molecule has 1 spiro atoms. The average molecular weight is 598 g/mol. The molecule has 0 saturated heterocycles. The van der Waals surface area contributed by atoms with Crippen molar-refractivity contribution >= 4 is 29.2 Å². The van der Waals surface area contributed by atoms with Crippen molar-refractivity contribution in [2.24, 2.45) is 11.8 Å². The van der Waals surface area contributed by atoms with Crippen molar-refractivity contribution in [1.29, 1.82) is 0 Å². The number of esters is 1. The van der Waals surface area contributed by atoms with Crippen molar-refractivity contribution in [3.05, 3.63) is 58.6 Å². The Morgan fingerprint density at radius 3 is 2.41 bits per heavy atom. The third-order valence-corrected chi connectivity index (χ3v) is 8.92. The average Bonchev–Trinajstić information content (AvgIpc) is 3.23. The number of fused-ring (bicyclic) bond motifs is 2. The lowest BCUT2D eigenvalue weighted by molar-refractivity contribution is -0.174. The zero-order chi connectivity index (χ0) is 30.0. The first kappa shape index (κ1) is 31.1. The number of alkyl halides is 3. The Balaban J connectivity index is 1.81. The van der Waals surface area contributed by atoms with Crippen LogP contribution in [0.1, 0.15) is 50.2 Å². The molecule has 0 aromatic heterocycles. The Hall–Kier alpha value is -2.82. The maximum absolute atomic E-state index is 14.0. The summed E-state index contributed by atoms with van der Waals surface area (Å²) >= 11 is 6.12. The van der Waals surface area contributed by atoms with Gasteiger partial charge in [0.2, 0.25) is 0 Å². The van der Waals surface area contributed by atoms with Crippen LogP contribution in [0.3, 0.4) is 0 Å². The maximum Gasteiger partial charge on any atom is 0.471 e. The van der Waals surface area contributed by atoms with Gasteiger partial charge in [0.25, 0.3) is 0 Å². The quantitative estimate of drug-likeness (QED) is 0.289. The zero-order valence-corrected chi connectivity index (χ0v) is 24.1. The number of nitrogens with zero attached hydrogens (tertiary/aromatic N) is 1. The first-order valence-electron chi connectivity index (χ1n) is 13.5. The van der Waals surface area contributed by atoms with E-state index in [4.69, 9.17) is 25.8 Å². The molecule has 2 aliphatic rings. The van der Waals surface area contributed by atoms with Crippen molar-refractivity contribution in [3.8, 4) is 5.75 Å². The van der Waals surface area contributed by atoms with E-state index >= 15 is 0 Å². The zero-order valence-electron chi connectivity index (χ0n) is 23.3. The van der Waals surface area contributed by atoms with Gasteiger partial charge in [-0.2, -0.15) is 13.2 Å². The van der Waals surface area contributed by atoms with Crippen LogP contribution < -0.4 is 9.64 Å². The highest BCUT2D eigenvalue weighted by Crippen LogP contribution is 2.58. The van der Waals surface area contributed by atoms with Crippen molar-refractivity contribution < 1.29 is 42.1 Å². The van der Waals surface area contributed by atoms with Crippen molar-refractivity contribution in [1.82, 2.24) is 0 Å². The molecule has 1 fully saturated rings. The van der Waals surface area contributed by atoms with E-state index in [1.165, 1.54) is 31.4 Å². The molecular formula is C30H35ClF3NO6. The summed E-state index contributed by atoms with van der Waals surface area (Å²) in [6, 6.07) is 11.3. The summed E-state index contributed by atoms with van der Waals surface area (Å²) in [5, 5.41) is 9.96. The molecule has 4 rings (SSSR count). The third kappa shape index (κ3) is 5.92. The van der Waals surface area contributed by atoms with Gasteiger partial charge in [-0.25, -0.2) is 4.79 Å². The number of carbonyl (C=O) groups is 2. The van der Waals surface area contributed by atoms with Gasteiger partial charge in [0.05, 0.1) is 7.11 Å². The highest BCUT2D eigenvalue weighted by molar-refractivity contribution is 6.31. The lowest BCUT2D eigenvalue weighted by Crippen LogP contribution is -2.63. The molecule has 1 saturated carbocycles. The van der Waals surface area contributed by atoms with Crippen LogP contribution in [0, 0.1) is 11.8 Å². The second-order valence-corrected chi connectivity index (χ2v) is 11.5. The van der Waals surface area contributed by atoms with E-state index in [2.05, 4.69) is 0 Å². The van der Waals surface area contributed by atoms with Crippen LogP contribution in [0.2, 0.25) is 5.02 Å². The first-order chi connectivity index (χ1) is 19.4. The minimum Gasteiger partial charge on any atom is -0.468 e. The van der Waals surface area contributed by atoms with E-state index in [1.54, 1.807) is 0 Å². The number of ether oxygens (including phenoxy) is 3. The number of aliphatic hydroxyl groups excluding tert-OH is 1. The number of anilines is 1. The van der Waals surface area contributed by atoms with Gasteiger partial charge in [0.1, 0.15) is 11.3 Å². The highest BCUT2D eigenvalue weighted by Gasteiger charge is 2.60. The molecule has 41 heavy (non-hydrogen) atoms. The second kappa shape index (κ2) is 12.2. The Morgan fingerprint density at radius 2 is 1.83 bits per heavy atom. The van der Waals surface area contributed by atoms with Crippen LogP contribution >= 0.6 is 11.6 Å². The molecule has 2 atom stereocenters. The van der Waals surface area contributed by atoms with Crippen LogP contribution in [0.4, 0.5) is 18.9 Å². The maximum atomic E-state index is 14.0. The van der Waals surface area contributed by atoms with Crippen molar-refractivity contribution in [2.45, 2.75) is 62.6 Å². The Morgan fingerprint density at radius 1 is 1.12 bits per heavy atom. The number of aliphatic hydroxyl groups is 1. The van der Waals surface area contributed by atoms with E-state index in [-0.39, 0.29) is 48.8 Å². The van der Waals surface area contributed by atoms with Crippen LogP contribution in [0.15, 0.2) is 42.5 Å². The van der Waals surface area contributed by atoms with Crippen molar-refractivity contribution in [2.75, 3.05) is 32.5 Å². The van der Waals surface area contributed by atoms with Crippen LogP contribution in [-0.2, 0) is 30.9 Å². The van der Waals surface area contributed by atoms with Crippen molar-refractivity contribution in [3.63, 3.8) is 0 Å². The number of rotatable bonds is 9. The van der Waals surface area contributed by atoms with Gasteiger partial charge < -0.3 is 19.3 Å². The van der Waals surface area contributed by atoms with Gasteiger partial charge in [-0.1, -0.05) is 30.7 Å². The molecule has 0 radical (unpaired) electrons. The minimum absolute atomic E-state index is 0.000147. The SMILES string of the molecule is COCOc1ccc2c(c1)C1(CCC(C(=O)OC)(N(C(=O)C(F)(F)F)c3cccc(Cl)c3)CC1)[C@H](C[C@@H](C)CO)C2. The topological polar surface area (TPSA) is 85.3 Å². The molecular weight excluding hydrogens is 563 g/mol. The number of hydrogen-bond donors (Lipinski definition) is 1. The van der Waals surface area contributed by atoms with Crippen LogP contribution in [0.25, 0.3) is 0 Å². The number of halogens is 4. The lowest BCUT2D eigenvalue weighted by atomic mass is 9.59. The predicted molar refractivity (Wildman–Crippen MR) is 147 cm³/mol. The highest BCUT2D eigenvalue weighted by atomic mass is 35.5. The van der Waals surface area contributed by atoms with E-state index in [9.17, 15) is 27.9 Å². The monoisotopic (exact) mass is 597 g/mol. The largest absolute Gasteiger partial charge is 0.471 e. The Kier molecular flexibility index (Phi) is 9.26. The molecule has 2 aliphatic carbocycles. The van der Waals surface area contributed by atoms with Gasteiger partial charge in [0.15, 0.2) is 6.79 Å². The molecule has 0 aliphatic heterocycles. The summed E-state index contributed by atoms with van der Waals surface area (Å²) in [7, 11) is 2.63. The second-order valence-electron chi connectivity index (χ2n) is 11.1.